The molecule has 0 fully saturated rings. The van der Waals surface area contributed by atoms with Gasteiger partial charge in [-0.2, -0.15) is 0 Å². The Hall–Kier alpha value is -0.0400. The van der Waals surface area contributed by atoms with Crippen molar-refractivity contribution < 1.29 is 5.11 Å². The van der Waals surface area contributed by atoms with Crippen molar-refractivity contribution in [1.82, 2.24) is 10.2 Å². The number of nitrogens with zero attached hydrogens (tertiary/aromatic N) is 2. The van der Waals surface area contributed by atoms with Crippen molar-refractivity contribution in [3.05, 3.63) is 0 Å². The monoisotopic (exact) mass is 299 g/mol. The molecule has 1 atom stereocenters. The number of aliphatic hydroxyl groups is 1. The lowest BCUT2D eigenvalue weighted by molar-refractivity contribution is 0.250. The Labute approximate surface area is 96.4 Å². The first-order chi connectivity index (χ1) is 5.77. The van der Waals surface area contributed by atoms with Gasteiger partial charge in [0.05, 0.1) is 19.2 Å². The summed E-state index contributed by atoms with van der Waals surface area (Å²) in [5, 5.41) is 12.1. The number of rotatable bonds is 3. The van der Waals surface area contributed by atoms with Crippen LogP contribution in [-0.2, 0) is 0 Å². The fourth-order valence-corrected chi connectivity index (χ4v) is 1.15. The van der Waals surface area contributed by atoms with Gasteiger partial charge >= 0.3 is 0 Å². The molecule has 2 N–H and O–H groups in total. The third-order valence-electron chi connectivity index (χ3n) is 2.10. The number of aliphatic imine (C=N–C) groups is 1. The summed E-state index contributed by atoms with van der Waals surface area (Å²) in [7, 11) is 2.00. The molecule has 4 nitrogen and oxygen atoms in total. The van der Waals surface area contributed by atoms with Crippen LogP contribution < -0.4 is 5.32 Å². The van der Waals surface area contributed by atoms with E-state index in [1.165, 1.54) is 0 Å². The molecule has 1 heterocycles. The van der Waals surface area contributed by atoms with Crippen LogP contribution in [-0.4, -0.2) is 48.8 Å². The molecule has 0 unspecified atom stereocenters. The molecule has 0 aromatic heterocycles. The maximum atomic E-state index is 8.94. The molecule has 1 rings (SSSR count). The first-order valence-electron chi connectivity index (χ1n) is 4.41. The van der Waals surface area contributed by atoms with Gasteiger partial charge in [0.2, 0.25) is 0 Å². The van der Waals surface area contributed by atoms with Crippen molar-refractivity contribution in [2.45, 2.75) is 19.4 Å². The molecule has 0 aromatic carbocycles. The van der Waals surface area contributed by atoms with E-state index >= 15 is 0 Å². The molecular weight excluding hydrogens is 281 g/mol. The standard InChI is InChI=1S/C8H17N3O.HI/c1-3-7(6-12)10-8-9-4-5-11(8)2;/h7,12H,3-6H2,1-2H3,(H,9,10);1H/t7-;/m1./s1. The smallest absolute Gasteiger partial charge is 0.194 e. The SMILES string of the molecule is CC[C@H](CO)NC1=NCCN1C.I. The van der Waals surface area contributed by atoms with Crippen LogP contribution >= 0.6 is 24.0 Å². The van der Waals surface area contributed by atoms with E-state index in [1.807, 2.05) is 14.0 Å². The molecule has 0 saturated heterocycles. The van der Waals surface area contributed by atoms with E-state index in [-0.39, 0.29) is 36.6 Å². The Morgan fingerprint density at radius 2 is 2.38 bits per heavy atom. The van der Waals surface area contributed by atoms with Gasteiger partial charge in [-0.1, -0.05) is 6.92 Å². The maximum Gasteiger partial charge on any atom is 0.194 e. The van der Waals surface area contributed by atoms with Gasteiger partial charge in [-0.15, -0.1) is 24.0 Å². The molecule has 5 heteroatoms. The number of hydrogen-bond acceptors (Lipinski definition) is 4. The van der Waals surface area contributed by atoms with Crippen molar-refractivity contribution in [3.63, 3.8) is 0 Å². The van der Waals surface area contributed by atoms with Gasteiger partial charge in [0, 0.05) is 13.6 Å². The summed E-state index contributed by atoms with van der Waals surface area (Å²) < 4.78 is 0. The van der Waals surface area contributed by atoms with Crippen LogP contribution in [0.15, 0.2) is 4.99 Å². The lowest BCUT2D eigenvalue weighted by Crippen LogP contribution is -2.43. The fourth-order valence-electron chi connectivity index (χ4n) is 1.15. The maximum absolute atomic E-state index is 8.94. The Morgan fingerprint density at radius 3 is 2.77 bits per heavy atom. The quantitative estimate of drug-likeness (QED) is 0.735. The van der Waals surface area contributed by atoms with Crippen molar-refractivity contribution in [1.29, 1.82) is 0 Å². The number of likely N-dealkylation sites (N-methyl/N-ethyl adjacent to an activating group) is 1. The Morgan fingerprint density at radius 1 is 1.69 bits per heavy atom. The minimum Gasteiger partial charge on any atom is -0.394 e. The second-order valence-corrected chi connectivity index (χ2v) is 3.06. The molecule has 0 aromatic rings. The summed E-state index contributed by atoms with van der Waals surface area (Å²) >= 11 is 0. The Kier molecular flexibility index (Phi) is 6.40. The Balaban J connectivity index is 0.00000144. The van der Waals surface area contributed by atoms with Crippen LogP contribution in [0.25, 0.3) is 0 Å². The van der Waals surface area contributed by atoms with Crippen LogP contribution in [0.4, 0.5) is 0 Å². The predicted molar refractivity (Wildman–Crippen MR) is 64.6 cm³/mol. The van der Waals surface area contributed by atoms with E-state index in [0.29, 0.717) is 0 Å². The van der Waals surface area contributed by atoms with E-state index in [2.05, 4.69) is 15.2 Å². The minimum atomic E-state index is 0. The Bertz CT molecular complexity index is 171. The summed E-state index contributed by atoms with van der Waals surface area (Å²) in [5.41, 5.74) is 0. The van der Waals surface area contributed by atoms with Gasteiger partial charge in [0.1, 0.15) is 0 Å². The summed E-state index contributed by atoms with van der Waals surface area (Å²) in [6, 6.07) is 0.143. The zero-order valence-corrected chi connectivity index (χ0v) is 10.5. The first-order valence-corrected chi connectivity index (χ1v) is 4.41. The van der Waals surface area contributed by atoms with E-state index in [1.54, 1.807) is 0 Å². The highest BCUT2D eigenvalue weighted by Crippen LogP contribution is 1.98. The van der Waals surface area contributed by atoms with Gasteiger partial charge < -0.3 is 15.3 Å². The average Bonchev–Trinajstić information content (AvgIpc) is 2.47. The number of halogens is 1. The summed E-state index contributed by atoms with van der Waals surface area (Å²) in [5.74, 6) is 0.913. The zero-order chi connectivity index (χ0) is 8.97. The molecule has 78 valence electrons. The largest absolute Gasteiger partial charge is 0.394 e. The highest BCUT2D eigenvalue weighted by molar-refractivity contribution is 14.0. The predicted octanol–water partition coefficient (Wildman–Crippen LogP) is 0.266. The van der Waals surface area contributed by atoms with Crippen molar-refractivity contribution in [2.75, 3.05) is 26.7 Å². The average molecular weight is 299 g/mol. The second kappa shape index (κ2) is 6.42. The lowest BCUT2D eigenvalue weighted by Gasteiger charge is -2.20. The summed E-state index contributed by atoms with van der Waals surface area (Å²) in [6.07, 6.45) is 0.920. The third kappa shape index (κ3) is 3.68. The number of hydrogen-bond donors (Lipinski definition) is 2. The second-order valence-electron chi connectivity index (χ2n) is 3.06. The fraction of sp³-hybridized carbons (Fsp3) is 0.875. The molecule has 0 saturated carbocycles. The first kappa shape index (κ1) is 13.0. The zero-order valence-electron chi connectivity index (χ0n) is 8.16. The topological polar surface area (TPSA) is 47.9 Å². The van der Waals surface area contributed by atoms with Gasteiger partial charge in [0.25, 0.3) is 0 Å². The molecular formula is C8H18IN3O. The van der Waals surface area contributed by atoms with Gasteiger partial charge in [-0.3, -0.25) is 4.99 Å². The van der Waals surface area contributed by atoms with Crippen LogP contribution in [0.5, 0.6) is 0 Å². The molecule has 0 aliphatic carbocycles. The third-order valence-corrected chi connectivity index (χ3v) is 2.10. The van der Waals surface area contributed by atoms with Crippen LogP contribution in [0.2, 0.25) is 0 Å². The van der Waals surface area contributed by atoms with Crippen molar-refractivity contribution >= 4 is 29.9 Å². The molecule has 1 aliphatic heterocycles. The molecule has 0 amide bonds. The van der Waals surface area contributed by atoms with E-state index in [9.17, 15) is 0 Å². The molecule has 0 spiro atoms. The summed E-state index contributed by atoms with van der Waals surface area (Å²) in [4.78, 5) is 6.34. The van der Waals surface area contributed by atoms with Crippen LogP contribution in [0.1, 0.15) is 13.3 Å². The van der Waals surface area contributed by atoms with Gasteiger partial charge in [-0.05, 0) is 6.42 Å². The number of guanidine groups is 1. The number of nitrogens with one attached hydrogen (secondary N) is 1. The summed E-state index contributed by atoms with van der Waals surface area (Å²) in [6.45, 7) is 4.05. The van der Waals surface area contributed by atoms with Gasteiger partial charge in [0.15, 0.2) is 5.96 Å². The van der Waals surface area contributed by atoms with Gasteiger partial charge in [-0.25, -0.2) is 0 Å². The molecule has 13 heavy (non-hydrogen) atoms. The molecule has 0 bridgehead atoms. The highest BCUT2D eigenvalue weighted by atomic mass is 127. The van der Waals surface area contributed by atoms with Crippen molar-refractivity contribution in [3.8, 4) is 0 Å². The molecule has 1 aliphatic rings. The van der Waals surface area contributed by atoms with Crippen LogP contribution in [0, 0.1) is 0 Å². The number of aliphatic hydroxyl groups excluding tert-OH is 1. The normalized spacial score (nSPS) is 17.8. The van der Waals surface area contributed by atoms with Crippen LogP contribution in [0.3, 0.4) is 0 Å². The van der Waals surface area contributed by atoms with E-state index in [4.69, 9.17) is 5.11 Å². The van der Waals surface area contributed by atoms with E-state index < -0.39 is 0 Å². The highest BCUT2D eigenvalue weighted by Gasteiger charge is 2.14. The lowest BCUT2D eigenvalue weighted by atomic mass is 10.2. The molecule has 0 radical (unpaired) electrons. The van der Waals surface area contributed by atoms with Crippen molar-refractivity contribution in [2.24, 2.45) is 4.99 Å². The minimum absolute atomic E-state index is 0. The van der Waals surface area contributed by atoms with E-state index in [0.717, 1.165) is 25.5 Å².